The maximum Gasteiger partial charge on any atom is 0.122 e. The fraction of sp³-hybridized carbons (Fsp3) is 0.176. The van der Waals surface area contributed by atoms with E-state index >= 15 is 0 Å². The van der Waals surface area contributed by atoms with E-state index in [4.69, 9.17) is 0 Å². The summed E-state index contributed by atoms with van der Waals surface area (Å²) in [6.07, 6.45) is 0. The van der Waals surface area contributed by atoms with Gasteiger partial charge < -0.3 is 5.11 Å². The molecule has 2 aromatic rings. The Bertz CT molecular complexity index is 526. The molecule has 2 rings (SSSR count). The molecule has 0 fully saturated rings. The predicted octanol–water partition coefficient (Wildman–Crippen LogP) is 4.78. The Morgan fingerprint density at radius 3 is 1.94 bits per heavy atom. The van der Waals surface area contributed by atoms with Gasteiger partial charge in [0, 0.05) is 11.5 Å². The molecular formula is C17H18O. The van der Waals surface area contributed by atoms with E-state index in [-0.39, 0.29) is 5.92 Å². The largest absolute Gasteiger partial charge is 0.507 e. The lowest BCUT2D eigenvalue weighted by Gasteiger charge is -2.15. The fourth-order valence-corrected chi connectivity index (χ4v) is 2.02. The topological polar surface area (TPSA) is 20.2 Å². The molecule has 1 unspecified atom stereocenters. The van der Waals surface area contributed by atoms with Gasteiger partial charge in [0.25, 0.3) is 0 Å². The lowest BCUT2D eigenvalue weighted by molar-refractivity contribution is 0.502. The van der Waals surface area contributed by atoms with Crippen LogP contribution in [0.15, 0.2) is 66.2 Å². The first-order valence-corrected chi connectivity index (χ1v) is 6.20. The zero-order valence-corrected chi connectivity index (χ0v) is 10.8. The van der Waals surface area contributed by atoms with Crippen LogP contribution in [0.1, 0.15) is 30.9 Å². The molecule has 1 nitrogen and oxygen atoms in total. The third-order valence-corrected chi connectivity index (χ3v) is 3.37. The van der Waals surface area contributed by atoms with Crippen LogP contribution in [0.5, 0.6) is 0 Å². The zero-order chi connectivity index (χ0) is 13.0. The summed E-state index contributed by atoms with van der Waals surface area (Å²) in [5.74, 6) is 0.596. The zero-order valence-electron chi connectivity index (χ0n) is 10.8. The van der Waals surface area contributed by atoms with E-state index in [0.717, 1.165) is 11.1 Å². The van der Waals surface area contributed by atoms with Crippen molar-refractivity contribution < 1.29 is 5.11 Å². The minimum Gasteiger partial charge on any atom is -0.507 e. The number of aliphatic hydroxyl groups is 1. The lowest BCUT2D eigenvalue weighted by Crippen LogP contribution is -1.98. The second-order valence-corrected chi connectivity index (χ2v) is 4.53. The number of allylic oxidation sites excluding steroid dienone is 1. The van der Waals surface area contributed by atoms with Gasteiger partial charge in [-0.2, -0.15) is 0 Å². The van der Waals surface area contributed by atoms with Gasteiger partial charge in [-0.25, -0.2) is 0 Å². The quantitative estimate of drug-likeness (QED) is 0.763. The molecule has 18 heavy (non-hydrogen) atoms. The Labute approximate surface area is 108 Å². The third-order valence-electron chi connectivity index (χ3n) is 3.37. The van der Waals surface area contributed by atoms with Gasteiger partial charge in [-0.05, 0) is 18.1 Å². The van der Waals surface area contributed by atoms with Crippen LogP contribution in [-0.2, 0) is 0 Å². The summed E-state index contributed by atoms with van der Waals surface area (Å²) < 4.78 is 0. The number of hydrogen-bond donors (Lipinski definition) is 1. The molecule has 0 bridgehead atoms. The van der Waals surface area contributed by atoms with Gasteiger partial charge in [-0.1, -0.05) is 67.6 Å². The van der Waals surface area contributed by atoms with Crippen molar-refractivity contribution in [2.75, 3.05) is 0 Å². The molecule has 1 atom stereocenters. The van der Waals surface area contributed by atoms with E-state index in [2.05, 4.69) is 19.1 Å². The molecule has 0 spiro atoms. The Hall–Kier alpha value is -2.02. The summed E-state index contributed by atoms with van der Waals surface area (Å²) in [4.78, 5) is 0. The Kier molecular flexibility index (Phi) is 3.83. The van der Waals surface area contributed by atoms with Crippen LogP contribution in [0.4, 0.5) is 0 Å². The van der Waals surface area contributed by atoms with Crippen LogP contribution in [0.2, 0.25) is 0 Å². The van der Waals surface area contributed by atoms with Crippen LogP contribution in [0.3, 0.4) is 0 Å². The fourth-order valence-electron chi connectivity index (χ4n) is 2.02. The molecule has 92 valence electrons. The summed E-state index contributed by atoms with van der Waals surface area (Å²) in [6.45, 7) is 4.10. The minimum absolute atomic E-state index is 0.214. The molecule has 0 aromatic heterocycles. The maximum absolute atomic E-state index is 10.3. The van der Waals surface area contributed by atoms with Crippen molar-refractivity contribution in [1.82, 2.24) is 0 Å². The van der Waals surface area contributed by atoms with Gasteiger partial charge in [0.1, 0.15) is 5.76 Å². The average Bonchev–Trinajstić information content (AvgIpc) is 2.47. The van der Waals surface area contributed by atoms with Crippen LogP contribution in [0, 0.1) is 0 Å². The van der Waals surface area contributed by atoms with Gasteiger partial charge in [0.15, 0.2) is 0 Å². The highest BCUT2D eigenvalue weighted by molar-refractivity contribution is 5.62. The molecule has 0 aliphatic rings. The number of rotatable bonds is 3. The first kappa shape index (κ1) is 12.4. The number of aliphatic hydroxyl groups excluding tert-OH is 1. The van der Waals surface area contributed by atoms with E-state index in [1.54, 1.807) is 0 Å². The van der Waals surface area contributed by atoms with E-state index in [9.17, 15) is 5.11 Å². The molecular weight excluding hydrogens is 220 g/mol. The second kappa shape index (κ2) is 5.54. The lowest BCUT2D eigenvalue weighted by atomic mass is 9.92. The molecule has 0 aliphatic heterocycles. The highest BCUT2D eigenvalue weighted by Crippen LogP contribution is 2.28. The predicted molar refractivity (Wildman–Crippen MR) is 76.5 cm³/mol. The molecule has 1 N–H and O–H groups in total. The Morgan fingerprint density at radius 2 is 1.39 bits per heavy atom. The van der Waals surface area contributed by atoms with E-state index < -0.39 is 0 Å². The number of benzene rings is 2. The number of hydrogen-bond acceptors (Lipinski definition) is 1. The summed E-state index contributed by atoms with van der Waals surface area (Å²) in [5, 5.41) is 10.3. The van der Waals surface area contributed by atoms with Crippen molar-refractivity contribution >= 4 is 5.76 Å². The van der Waals surface area contributed by atoms with Crippen LogP contribution in [-0.4, -0.2) is 5.11 Å². The summed E-state index contributed by atoms with van der Waals surface area (Å²) in [5.41, 5.74) is 3.09. The Balaban J connectivity index is 2.33. The van der Waals surface area contributed by atoms with Gasteiger partial charge in [0.05, 0.1) is 0 Å². The van der Waals surface area contributed by atoms with E-state index in [0.29, 0.717) is 5.76 Å². The van der Waals surface area contributed by atoms with Crippen molar-refractivity contribution in [3.63, 3.8) is 0 Å². The maximum atomic E-state index is 10.3. The molecule has 0 saturated carbocycles. The summed E-state index contributed by atoms with van der Waals surface area (Å²) in [6, 6.07) is 19.9. The monoisotopic (exact) mass is 238 g/mol. The van der Waals surface area contributed by atoms with Crippen molar-refractivity contribution in [2.45, 2.75) is 19.8 Å². The Morgan fingerprint density at radius 1 is 0.889 bits per heavy atom. The molecule has 0 amide bonds. The standard InChI is InChI=1S/C17H18O/c1-13(15-9-5-3-6-10-15)14(2)17(18)16-11-7-4-8-12-16/h3-13,18H,1-2H3/b17-14-. The van der Waals surface area contributed by atoms with Crippen molar-refractivity contribution in [3.8, 4) is 0 Å². The summed E-state index contributed by atoms with van der Waals surface area (Å²) >= 11 is 0. The first-order chi connectivity index (χ1) is 8.70. The van der Waals surface area contributed by atoms with Crippen molar-refractivity contribution in [1.29, 1.82) is 0 Å². The smallest absolute Gasteiger partial charge is 0.122 e. The molecule has 0 heterocycles. The SMILES string of the molecule is C/C(=C(/O)c1ccccc1)C(C)c1ccccc1. The van der Waals surface area contributed by atoms with E-state index in [1.807, 2.05) is 55.5 Å². The van der Waals surface area contributed by atoms with Crippen molar-refractivity contribution in [2.24, 2.45) is 0 Å². The van der Waals surface area contributed by atoms with E-state index in [1.165, 1.54) is 5.56 Å². The first-order valence-electron chi connectivity index (χ1n) is 6.20. The van der Waals surface area contributed by atoms with Crippen LogP contribution >= 0.6 is 0 Å². The third kappa shape index (κ3) is 2.62. The van der Waals surface area contributed by atoms with Gasteiger partial charge in [0.2, 0.25) is 0 Å². The molecule has 2 aromatic carbocycles. The minimum atomic E-state index is 0.214. The average molecular weight is 238 g/mol. The van der Waals surface area contributed by atoms with Gasteiger partial charge in [-0.15, -0.1) is 0 Å². The van der Waals surface area contributed by atoms with Crippen LogP contribution < -0.4 is 0 Å². The van der Waals surface area contributed by atoms with Gasteiger partial charge >= 0.3 is 0 Å². The molecule has 0 radical (unpaired) electrons. The van der Waals surface area contributed by atoms with Crippen molar-refractivity contribution in [3.05, 3.63) is 77.4 Å². The summed E-state index contributed by atoms with van der Waals surface area (Å²) in [7, 11) is 0. The second-order valence-electron chi connectivity index (χ2n) is 4.53. The molecule has 0 saturated heterocycles. The molecule has 1 heteroatoms. The van der Waals surface area contributed by atoms with Crippen LogP contribution in [0.25, 0.3) is 5.76 Å². The normalized spacial score (nSPS) is 13.9. The molecule has 0 aliphatic carbocycles. The highest BCUT2D eigenvalue weighted by Gasteiger charge is 2.12. The van der Waals surface area contributed by atoms with Gasteiger partial charge in [-0.3, -0.25) is 0 Å². The highest BCUT2D eigenvalue weighted by atomic mass is 16.3.